The number of aromatic amines is 1. The van der Waals surface area contributed by atoms with Crippen LogP contribution in [0.2, 0.25) is 0 Å². The summed E-state index contributed by atoms with van der Waals surface area (Å²) in [5, 5.41) is 4.97. The standard InChI is InChI=1S/C18H22N4O/c1-22-12-19-11-16(22)17-9-15(6-8-23-17)21-10-14-4-2-3-13-5-7-20-18(13)14/h2-5,7,11-12,15,17,20-21H,6,8-10H2,1H3/t15-,17+/m0/s1. The Bertz CT molecular complexity index is 791. The maximum Gasteiger partial charge on any atom is 0.100 e. The van der Waals surface area contributed by atoms with Crippen LogP contribution in [0.3, 0.4) is 0 Å². The van der Waals surface area contributed by atoms with Crippen LogP contribution in [0.1, 0.15) is 30.2 Å². The zero-order valence-electron chi connectivity index (χ0n) is 13.3. The number of H-pyrrole nitrogens is 1. The van der Waals surface area contributed by atoms with E-state index in [-0.39, 0.29) is 6.10 Å². The minimum atomic E-state index is 0.134. The molecule has 0 aliphatic carbocycles. The average molecular weight is 310 g/mol. The summed E-state index contributed by atoms with van der Waals surface area (Å²) >= 11 is 0. The Labute approximate surface area is 135 Å². The van der Waals surface area contributed by atoms with Crippen LogP contribution in [0.5, 0.6) is 0 Å². The molecule has 2 N–H and O–H groups in total. The fraction of sp³-hybridized carbons (Fsp3) is 0.389. The van der Waals surface area contributed by atoms with E-state index in [9.17, 15) is 0 Å². The number of para-hydroxylation sites is 1. The highest BCUT2D eigenvalue weighted by molar-refractivity contribution is 5.82. The zero-order chi connectivity index (χ0) is 15.6. The van der Waals surface area contributed by atoms with Crippen LogP contribution in [0.4, 0.5) is 0 Å². The van der Waals surface area contributed by atoms with Gasteiger partial charge in [0, 0.05) is 38.0 Å². The number of benzene rings is 1. The third-order valence-corrected chi connectivity index (χ3v) is 4.72. The van der Waals surface area contributed by atoms with Gasteiger partial charge in [-0.25, -0.2) is 4.98 Å². The van der Waals surface area contributed by atoms with E-state index in [0.717, 1.165) is 31.7 Å². The average Bonchev–Trinajstić information content (AvgIpc) is 3.22. The summed E-state index contributed by atoms with van der Waals surface area (Å²) in [7, 11) is 2.02. The van der Waals surface area contributed by atoms with Crippen LogP contribution >= 0.6 is 0 Å². The number of rotatable bonds is 4. The van der Waals surface area contributed by atoms with E-state index in [0.29, 0.717) is 6.04 Å². The van der Waals surface area contributed by atoms with Crippen molar-refractivity contribution in [2.45, 2.75) is 31.5 Å². The highest BCUT2D eigenvalue weighted by Crippen LogP contribution is 2.28. The molecule has 3 aromatic rings. The Morgan fingerprint density at radius 3 is 3.22 bits per heavy atom. The van der Waals surface area contributed by atoms with Gasteiger partial charge in [-0.05, 0) is 29.9 Å². The van der Waals surface area contributed by atoms with Crippen molar-refractivity contribution in [2.24, 2.45) is 7.05 Å². The Balaban J connectivity index is 1.43. The molecule has 1 aliphatic heterocycles. The lowest BCUT2D eigenvalue weighted by Gasteiger charge is -2.30. The number of aromatic nitrogens is 3. The molecule has 0 unspecified atom stereocenters. The van der Waals surface area contributed by atoms with Crippen molar-refractivity contribution >= 4 is 10.9 Å². The zero-order valence-corrected chi connectivity index (χ0v) is 13.3. The number of hydrogen-bond donors (Lipinski definition) is 2. The Morgan fingerprint density at radius 1 is 1.39 bits per heavy atom. The number of imidazole rings is 1. The Kier molecular flexibility index (Phi) is 3.89. The lowest BCUT2D eigenvalue weighted by atomic mass is 10.0. The van der Waals surface area contributed by atoms with Gasteiger partial charge in [0.1, 0.15) is 6.10 Å². The second-order valence-corrected chi connectivity index (χ2v) is 6.25. The summed E-state index contributed by atoms with van der Waals surface area (Å²) in [5.41, 5.74) is 3.70. The molecule has 5 heteroatoms. The van der Waals surface area contributed by atoms with Crippen molar-refractivity contribution in [1.29, 1.82) is 0 Å². The van der Waals surface area contributed by atoms with E-state index in [1.165, 1.54) is 16.5 Å². The predicted molar refractivity (Wildman–Crippen MR) is 90.1 cm³/mol. The summed E-state index contributed by atoms with van der Waals surface area (Å²) in [6, 6.07) is 9.03. The molecule has 0 spiro atoms. The van der Waals surface area contributed by atoms with E-state index in [1.807, 2.05) is 30.3 Å². The first kappa shape index (κ1) is 14.5. The first-order chi connectivity index (χ1) is 11.3. The van der Waals surface area contributed by atoms with Gasteiger partial charge in [-0.15, -0.1) is 0 Å². The second kappa shape index (κ2) is 6.18. The minimum Gasteiger partial charge on any atom is -0.372 e. The molecule has 5 nitrogen and oxygen atoms in total. The number of nitrogens with one attached hydrogen (secondary N) is 2. The van der Waals surface area contributed by atoms with E-state index in [2.05, 4.69) is 39.6 Å². The second-order valence-electron chi connectivity index (χ2n) is 6.25. The molecular formula is C18H22N4O. The van der Waals surface area contributed by atoms with Crippen molar-refractivity contribution < 1.29 is 4.74 Å². The Morgan fingerprint density at radius 2 is 2.35 bits per heavy atom. The predicted octanol–water partition coefficient (Wildman–Crippen LogP) is 2.91. The van der Waals surface area contributed by atoms with Crippen molar-refractivity contribution in [2.75, 3.05) is 6.61 Å². The first-order valence-corrected chi connectivity index (χ1v) is 8.17. The molecule has 23 heavy (non-hydrogen) atoms. The summed E-state index contributed by atoms with van der Waals surface area (Å²) in [6.45, 7) is 1.67. The van der Waals surface area contributed by atoms with Crippen LogP contribution in [-0.2, 0) is 18.3 Å². The molecule has 4 rings (SSSR count). The van der Waals surface area contributed by atoms with Crippen molar-refractivity contribution in [1.82, 2.24) is 19.9 Å². The molecule has 1 aliphatic rings. The summed E-state index contributed by atoms with van der Waals surface area (Å²) in [5.74, 6) is 0. The van der Waals surface area contributed by atoms with E-state index in [1.54, 1.807) is 0 Å². The normalized spacial score (nSPS) is 21.8. The molecule has 120 valence electrons. The third-order valence-electron chi connectivity index (χ3n) is 4.72. The van der Waals surface area contributed by atoms with Crippen molar-refractivity contribution in [3.8, 4) is 0 Å². The highest BCUT2D eigenvalue weighted by Gasteiger charge is 2.25. The number of ether oxygens (including phenoxy) is 1. The maximum absolute atomic E-state index is 5.94. The van der Waals surface area contributed by atoms with Gasteiger partial charge in [-0.1, -0.05) is 18.2 Å². The minimum absolute atomic E-state index is 0.134. The topological polar surface area (TPSA) is 54.9 Å². The molecule has 0 bridgehead atoms. The van der Waals surface area contributed by atoms with Gasteiger partial charge < -0.3 is 19.6 Å². The molecule has 1 fully saturated rings. The molecule has 0 amide bonds. The van der Waals surface area contributed by atoms with Gasteiger partial charge in [0.2, 0.25) is 0 Å². The van der Waals surface area contributed by atoms with Crippen LogP contribution in [0.25, 0.3) is 10.9 Å². The maximum atomic E-state index is 5.94. The number of hydrogen-bond acceptors (Lipinski definition) is 3. The summed E-state index contributed by atoms with van der Waals surface area (Å²) < 4.78 is 7.98. The fourth-order valence-electron chi connectivity index (χ4n) is 3.42. The van der Waals surface area contributed by atoms with Crippen molar-refractivity contribution in [3.05, 3.63) is 54.2 Å². The smallest absolute Gasteiger partial charge is 0.100 e. The lowest BCUT2D eigenvalue weighted by Crippen LogP contribution is -2.36. The molecule has 3 heterocycles. The van der Waals surface area contributed by atoms with Crippen LogP contribution < -0.4 is 5.32 Å². The van der Waals surface area contributed by atoms with Gasteiger partial charge in [-0.3, -0.25) is 0 Å². The molecule has 2 atom stereocenters. The monoisotopic (exact) mass is 310 g/mol. The van der Waals surface area contributed by atoms with Crippen LogP contribution in [0, 0.1) is 0 Å². The molecule has 2 aromatic heterocycles. The van der Waals surface area contributed by atoms with Gasteiger partial charge in [0.05, 0.1) is 18.2 Å². The summed E-state index contributed by atoms with van der Waals surface area (Å²) in [4.78, 5) is 7.54. The quantitative estimate of drug-likeness (QED) is 0.779. The van der Waals surface area contributed by atoms with Gasteiger partial charge >= 0.3 is 0 Å². The molecule has 0 radical (unpaired) electrons. The van der Waals surface area contributed by atoms with Crippen LogP contribution in [-0.4, -0.2) is 27.2 Å². The Hall–Kier alpha value is -2.11. The van der Waals surface area contributed by atoms with Gasteiger partial charge in [0.15, 0.2) is 0 Å². The van der Waals surface area contributed by atoms with E-state index in [4.69, 9.17) is 4.74 Å². The third kappa shape index (κ3) is 2.90. The lowest BCUT2D eigenvalue weighted by molar-refractivity contribution is -0.00402. The van der Waals surface area contributed by atoms with Crippen LogP contribution in [0.15, 0.2) is 43.0 Å². The largest absolute Gasteiger partial charge is 0.372 e. The molecule has 0 saturated carbocycles. The van der Waals surface area contributed by atoms with Gasteiger partial charge in [-0.2, -0.15) is 0 Å². The molecular weight excluding hydrogens is 288 g/mol. The summed E-state index contributed by atoms with van der Waals surface area (Å²) in [6.07, 6.45) is 7.92. The van der Waals surface area contributed by atoms with Gasteiger partial charge in [0.25, 0.3) is 0 Å². The fourth-order valence-corrected chi connectivity index (χ4v) is 3.42. The number of fused-ring (bicyclic) bond motifs is 1. The van der Waals surface area contributed by atoms with E-state index >= 15 is 0 Å². The highest BCUT2D eigenvalue weighted by atomic mass is 16.5. The van der Waals surface area contributed by atoms with Crippen molar-refractivity contribution in [3.63, 3.8) is 0 Å². The first-order valence-electron chi connectivity index (χ1n) is 8.17. The SMILES string of the molecule is Cn1cncc1[C@H]1C[C@@H](NCc2cccc3cc[nH]c23)CCO1. The van der Waals surface area contributed by atoms with E-state index < -0.39 is 0 Å². The molecule has 1 saturated heterocycles. The molecule has 1 aromatic carbocycles. The number of aryl methyl sites for hydroxylation is 1. The number of nitrogens with zero attached hydrogens (tertiary/aromatic N) is 2.